The Labute approximate surface area is 111 Å². The Hall–Kier alpha value is -1.02. The smallest absolute Gasteiger partial charge is 0.0682 e. The zero-order valence-corrected chi connectivity index (χ0v) is 11.7. The van der Waals surface area contributed by atoms with E-state index in [4.69, 9.17) is 0 Å². The minimum atomic E-state index is 0.136. The van der Waals surface area contributed by atoms with Gasteiger partial charge < -0.3 is 10.0 Å². The number of aliphatic hydroxyl groups excluding tert-OH is 1. The zero-order chi connectivity index (χ0) is 13.0. The first-order chi connectivity index (χ1) is 8.73. The standard InChI is InChI=1S/C16H25NO/c1-3-8-16(9-4-2)12-17(13-16)15-7-5-6-14(10-15)11-18/h5-7,10,18H,3-4,8-9,11-13H2,1-2H3. The highest BCUT2D eigenvalue weighted by Gasteiger charge is 2.41. The molecule has 1 aromatic carbocycles. The van der Waals surface area contributed by atoms with E-state index in [1.54, 1.807) is 0 Å². The Morgan fingerprint density at radius 1 is 1.17 bits per heavy atom. The molecule has 2 heteroatoms. The van der Waals surface area contributed by atoms with Crippen LogP contribution in [0.5, 0.6) is 0 Å². The fourth-order valence-electron chi connectivity index (χ4n) is 3.30. The largest absolute Gasteiger partial charge is 0.392 e. The predicted molar refractivity (Wildman–Crippen MR) is 76.8 cm³/mol. The molecule has 0 saturated carbocycles. The lowest BCUT2D eigenvalue weighted by atomic mass is 9.72. The van der Waals surface area contributed by atoms with Crippen molar-refractivity contribution in [2.75, 3.05) is 18.0 Å². The molecule has 0 spiro atoms. The van der Waals surface area contributed by atoms with Gasteiger partial charge in [0.1, 0.15) is 0 Å². The van der Waals surface area contributed by atoms with Gasteiger partial charge in [-0.25, -0.2) is 0 Å². The van der Waals surface area contributed by atoms with E-state index in [1.165, 1.54) is 44.5 Å². The molecule has 1 aromatic rings. The maximum atomic E-state index is 9.19. The van der Waals surface area contributed by atoms with E-state index in [9.17, 15) is 5.11 Å². The molecule has 1 saturated heterocycles. The van der Waals surface area contributed by atoms with Gasteiger partial charge in [-0.05, 0) is 30.5 Å². The van der Waals surface area contributed by atoms with Gasteiger partial charge in [-0.15, -0.1) is 0 Å². The molecule has 1 fully saturated rings. The van der Waals surface area contributed by atoms with E-state index < -0.39 is 0 Å². The Kier molecular flexibility index (Phi) is 4.28. The molecule has 0 amide bonds. The lowest BCUT2D eigenvalue weighted by Crippen LogP contribution is -2.56. The Bertz CT molecular complexity index is 374. The van der Waals surface area contributed by atoms with Crippen LogP contribution >= 0.6 is 0 Å². The van der Waals surface area contributed by atoms with Gasteiger partial charge in [-0.1, -0.05) is 38.8 Å². The topological polar surface area (TPSA) is 23.5 Å². The summed E-state index contributed by atoms with van der Waals surface area (Å²) in [5, 5.41) is 9.19. The highest BCUT2D eigenvalue weighted by molar-refractivity contribution is 5.51. The molecule has 0 atom stereocenters. The third-order valence-electron chi connectivity index (χ3n) is 4.07. The van der Waals surface area contributed by atoms with Gasteiger partial charge in [-0.3, -0.25) is 0 Å². The summed E-state index contributed by atoms with van der Waals surface area (Å²) in [6, 6.07) is 8.29. The quantitative estimate of drug-likeness (QED) is 0.830. The molecule has 1 aliphatic heterocycles. The second-order valence-electron chi connectivity index (χ2n) is 5.68. The van der Waals surface area contributed by atoms with E-state index in [-0.39, 0.29) is 6.61 Å². The molecule has 1 aliphatic rings. The minimum Gasteiger partial charge on any atom is -0.392 e. The van der Waals surface area contributed by atoms with Crippen LogP contribution in [0.15, 0.2) is 24.3 Å². The average molecular weight is 247 g/mol. The van der Waals surface area contributed by atoms with Crippen molar-refractivity contribution >= 4 is 5.69 Å². The molecule has 100 valence electrons. The van der Waals surface area contributed by atoms with Crippen LogP contribution in [-0.2, 0) is 6.61 Å². The number of nitrogens with zero attached hydrogens (tertiary/aromatic N) is 1. The van der Waals surface area contributed by atoms with Crippen molar-refractivity contribution in [3.05, 3.63) is 29.8 Å². The summed E-state index contributed by atoms with van der Waals surface area (Å²) in [4.78, 5) is 2.45. The highest BCUT2D eigenvalue weighted by atomic mass is 16.3. The molecular weight excluding hydrogens is 222 g/mol. The molecular formula is C16H25NO. The maximum absolute atomic E-state index is 9.19. The van der Waals surface area contributed by atoms with Crippen molar-refractivity contribution < 1.29 is 5.11 Å². The first-order valence-electron chi connectivity index (χ1n) is 7.18. The fraction of sp³-hybridized carbons (Fsp3) is 0.625. The number of aliphatic hydroxyl groups is 1. The molecule has 2 rings (SSSR count). The summed E-state index contributed by atoms with van der Waals surface area (Å²) in [5.74, 6) is 0. The van der Waals surface area contributed by atoms with Crippen LogP contribution < -0.4 is 4.90 Å². The summed E-state index contributed by atoms with van der Waals surface area (Å²) in [6.45, 7) is 7.07. The zero-order valence-electron chi connectivity index (χ0n) is 11.7. The summed E-state index contributed by atoms with van der Waals surface area (Å²) < 4.78 is 0. The van der Waals surface area contributed by atoms with Gasteiger partial charge in [0.2, 0.25) is 0 Å². The summed E-state index contributed by atoms with van der Waals surface area (Å²) >= 11 is 0. The summed E-state index contributed by atoms with van der Waals surface area (Å²) in [5.41, 5.74) is 2.83. The molecule has 0 unspecified atom stereocenters. The van der Waals surface area contributed by atoms with Crippen LogP contribution in [0.25, 0.3) is 0 Å². The van der Waals surface area contributed by atoms with E-state index >= 15 is 0 Å². The first kappa shape index (κ1) is 13.4. The van der Waals surface area contributed by atoms with Gasteiger partial charge >= 0.3 is 0 Å². The van der Waals surface area contributed by atoms with Crippen molar-refractivity contribution in [2.45, 2.75) is 46.1 Å². The van der Waals surface area contributed by atoms with E-state index in [1.807, 2.05) is 12.1 Å². The van der Waals surface area contributed by atoms with Gasteiger partial charge in [0.25, 0.3) is 0 Å². The number of benzene rings is 1. The fourth-order valence-corrected chi connectivity index (χ4v) is 3.30. The van der Waals surface area contributed by atoms with E-state index in [0.717, 1.165) is 5.56 Å². The molecule has 1 N–H and O–H groups in total. The van der Waals surface area contributed by atoms with Crippen LogP contribution in [0, 0.1) is 5.41 Å². The predicted octanol–water partition coefficient (Wildman–Crippen LogP) is 3.59. The average Bonchev–Trinajstić information content (AvgIpc) is 2.35. The normalized spacial score (nSPS) is 17.6. The number of rotatable bonds is 6. The lowest BCUT2D eigenvalue weighted by Gasteiger charge is -2.52. The molecule has 0 aliphatic carbocycles. The van der Waals surface area contributed by atoms with Crippen LogP contribution in [0.4, 0.5) is 5.69 Å². The van der Waals surface area contributed by atoms with Crippen LogP contribution in [-0.4, -0.2) is 18.2 Å². The summed E-state index contributed by atoms with van der Waals surface area (Å²) in [6.07, 6.45) is 5.25. The molecule has 0 aromatic heterocycles. The van der Waals surface area contributed by atoms with Crippen molar-refractivity contribution in [2.24, 2.45) is 5.41 Å². The molecule has 0 radical (unpaired) electrons. The lowest BCUT2D eigenvalue weighted by molar-refractivity contribution is 0.173. The van der Waals surface area contributed by atoms with E-state index in [0.29, 0.717) is 5.41 Å². The number of hydrogen-bond acceptors (Lipinski definition) is 2. The Morgan fingerprint density at radius 2 is 1.83 bits per heavy atom. The van der Waals surface area contributed by atoms with Crippen molar-refractivity contribution in [3.8, 4) is 0 Å². The first-order valence-corrected chi connectivity index (χ1v) is 7.18. The minimum absolute atomic E-state index is 0.136. The van der Waals surface area contributed by atoms with Crippen LogP contribution in [0.3, 0.4) is 0 Å². The Balaban J connectivity index is 2.01. The monoisotopic (exact) mass is 247 g/mol. The maximum Gasteiger partial charge on any atom is 0.0682 e. The number of anilines is 1. The van der Waals surface area contributed by atoms with Crippen molar-refractivity contribution in [1.29, 1.82) is 0 Å². The van der Waals surface area contributed by atoms with Crippen molar-refractivity contribution in [3.63, 3.8) is 0 Å². The van der Waals surface area contributed by atoms with Gasteiger partial charge in [0.15, 0.2) is 0 Å². The molecule has 18 heavy (non-hydrogen) atoms. The highest BCUT2D eigenvalue weighted by Crippen LogP contribution is 2.41. The molecule has 1 heterocycles. The van der Waals surface area contributed by atoms with Gasteiger partial charge in [0, 0.05) is 24.2 Å². The van der Waals surface area contributed by atoms with E-state index in [2.05, 4.69) is 30.9 Å². The second-order valence-corrected chi connectivity index (χ2v) is 5.68. The third kappa shape index (κ3) is 2.69. The SMILES string of the molecule is CCCC1(CCC)CN(c2cccc(CO)c2)C1. The Morgan fingerprint density at radius 3 is 2.39 bits per heavy atom. The molecule has 0 bridgehead atoms. The van der Waals surface area contributed by atoms with Gasteiger partial charge in [0.05, 0.1) is 6.61 Å². The third-order valence-corrected chi connectivity index (χ3v) is 4.07. The van der Waals surface area contributed by atoms with Gasteiger partial charge in [-0.2, -0.15) is 0 Å². The van der Waals surface area contributed by atoms with Crippen molar-refractivity contribution in [1.82, 2.24) is 0 Å². The molecule has 2 nitrogen and oxygen atoms in total. The summed E-state index contributed by atoms with van der Waals surface area (Å²) in [7, 11) is 0. The second kappa shape index (κ2) is 5.75. The van der Waals surface area contributed by atoms with Crippen LogP contribution in [0.2, 0.25) is 0 Å². The number of hydrogen-bond donors (Lipinski definition) is 1. The van der Waals surface area contributed by atoms with Crippen LogP contribution in [0.1, 0.15) is 45.1 Å².